The highest BCUT2D eigenvalue weighted by Crippen LogP contribution is 2.20. The predicted molar refractivity (Wildman–Crippen MR) is 75.5 cm³/mol. The molecule has 104 valence electrons. The summed E-state index contributed by atoms with van der Waals surface area (Å²) in [5.41, 5.74) is 6.81. The SMILES string of the molecule is NC(=NO)c1ncccc1CNc1cc(Cl)ccc1F. The van der Waals surface area contributed by atoms with Gasteiger partial charge in [-0.25, -0.2) is 4.39 Å². The molecule has 0 saturated carbocycles. The van der Waals surface area contributed by atoms with Crippen molar-refractivity contribution in [3.05, 3.63) is 58.6 Å². The lowest BCUT2D eigenvalue weighted by Gasteiger charge is -2.10. The number of nitrogens with two attached hydrogens (primary N) is 1. The molecule has 0 fully saturated rings. The topological polar surface area (TPSA) is 83.5 Å². The van der Waals surface area contributed by atoms with Crippen LogP contribution in [0.2, 0.25) is 5.02 Å². The van der Waals surface area contributed by atoms with E-state index in [2.05, 4.69) is 15.5 Å². The van der Waals surface area contributed by atoms with Gasteiger partial charge in [-0.1, -0.05) is 22.8 Å². The third kappa shape index (κ3) is 3.16. The molecule has 0 unspecified atom stereocenters. The van der Waals surface area contributed by atoms with E-state index >= 15 is 0 Å². The molecule has 1 aromatic heterocycles. The van der Waals surface area contributed by atoms with Crippen LogP contribution in [0, 0.1) is 5.82 Å². The largest absolute Gasteiger partial charge is 0.409 e. The molecule has 0 aliphatic rings. The maximum Gasteiger partial charge on any atom is 0.189 e. The molecule has 0 atom stereocenters. The summed E-state index contributed by atoms with van der Waals surface area (Å²) in [6, 6.07) is 7.68. The second-order valence-electron chi connectivity index (χ2n) is 3.97. The van der Waals surface area contributed by atoms with Crippen LogP contribution in [0.25, 0.3) is 0 Å². The number of pyridine rings is 1. The Morgan fingerprint density at radius 3 is 3.00 bits per heavy atom. The van der Waals surface area contributed by atoms with Gasteiger partial charge in [0.05, 0.1) is 5.69 Å². The Bertz CT molecular complexity index is 648. The Morgan fingerprint density at radius 1 is 1.45 bits per heavy atom. The number of nitrogens with zero attached hydrogens (tertiary/aromatic N) is 2. The Balaban J connectivity index is 2.21. The highest BCUT2D eigenvalue weighted by molar-refractivity contribution is 6.30. The van der Waals surface area contributed by atoms with Crippen molar-refractivity contribution in [2.24, 2.45) is 10.9 Å². The van der Waals surface area contributed by atoms with E-state index in [0.717, 1.165) is 0 Å². The highest BCUT2D eigenvalue weighted by Gasteiger charge is 2.09. The number of benzene rings is 1. The van der Waals surface area contributed by atoms with E-state index in [9.17, 15) is 4.39 Å². The second-order valence-corrected chi connectivity index (χ2v) is 4.41. The lowest BCUT2D eigenvalue weighted by atomic mass is 10.1. The first-order valence-corrected chi connectivity index (χ1v) is 6.10. The summed E-state index contributed by atoms with van der Waals surface area (Å²) in [4.78, 5) is 4.03. The number of aromatic nitrogens is 1. The first-order chi connectivity index (χ1) is 9.61. The number of amidine groups is 1. The van der Waals surface area contributed by atoms with Gasteiger partial charge in [-0.3, -0.25) is 4.98 Å². The normalized spacial score (nSPS) is 11.4. The summed E-state index contributed by atoms with van der Waals surface area (Å²) >= 11 is 5.81. The van der Waals surface area contributed by atoms with E-state index in [1.165, 1.54) is 24.4 Å². The molecule has 20 heavy (non-hydrogen) atoms. The molecule has 0 spiro atoms. The lowest BCUT2D eigenvalue weighted by molar-refractivity contribution is 0.318. The maximum absolute atomic E-state index is 13.6. The number of hydrogen-bond acceptors (Lipinski definition) is 4. The van der Waals surface area contributed by atoms with Gasteiger partial charge in [0.25, 0.3) is 0 Å². The van der Waals surface area contributed by atoms with E-state index in [-0.39, 0.29) is 18.1 Å². The molecule has 1 heterocycles. The zero-order valence-electron chi connectivity index (χ0n) is 10.3. The van der Waals surface area contributed by atoms with Gasteiger partial charge in [0.2, 0.25) is 0 Å². The van der Waals surface area contributed by atoms with E-state index in [1.54, 1.807) is 12.1 Å². The standard InChI is InChI=1S/C13H12ClFN4O/c14-9-3-4-10(15)11(6-9)18-7-8-2-1-5-17-12(8)13(16)19-20/h1-6,18,20H,7H2,(H2,16,19). The van der Waals surface area contributed by atoms with Crippen LogP contribution in [-0.2, 0) is 6.54 Å². The summed E-state index contributed by atoms with van der Waals surface area (Å²) in [5.74, 6) is -0.516. The molecule has 7 heteroatoms. The van der Waals surface area contributed by atoms with Gasteiger partial charge >= 0.3 is 0 Å². The molecule has 0 amide bonds. The van der Waals surface area contributed by atoms with Crippen LogP contribution in [0.5, 0.6) is 0 Å². The summed E-state index contributed by atoms with van der Waals surface area (Å²) in [7, 11) is 0. The van der Waals surface area contributed by atoms with Crippen molar-refractivity contribution in [1.29, 1.82) is 0 Å². The van der Waals surface area contributed by atoms with E-state index < -0.39 is 5.82 Å². The zero-order valence-corrected chi connectivity index (χ0v) is 11.1. The number of rotatable bonds is 4. The first kappa shape index (κ1) is 14.1. The average Bonchev–Trinajstić information content (AvgIpc) is 2.47. The van der Waals surface area contributed by atoms with Gasteiger partial charge in [-0.15, -0.1) is 0 Å². The fraction of sp³-hybridized carbons (Fsp3) is 0.0769. The van der Waals surface area contributed by atoms with Crippen LogP contribution in [0.15, 0.2) is 41.7 Å². The minimum atomic E-state index is -0.413. The van der Waals surface area contributed by atoms with Gasteiger partial charge in [0.1, 0.15) is 11.5 Å². The lowest BCUT2D eigenvalue weighted by Crippen LogP contribution is -2.18. The van der Waals surface area contributed by atoms with Crippen LogP contribution in [-0.4, -0.2) is 16.0 Å². The third-order valence-electron chi connectivity index (χ3n) is 2.64. The Labute approximate surface area is 119 Å². The minimum Gasteiger partial charge on any atom is -0.409 e. The second kappa shape index (κ2) is 6.21. The Kier molecular flexibility index (Phi) is 4.37. The van der Waals surface area contributed by atoms with Crippen LogP contribution in [0.3, 0.4) is 0 Å². The summed E-state index contributed by atoms with van der Waals surface area (Å²) in [6.45, 7) is 0.261. The zero-order chi connectivity index (χ0) is 14.5. The molecule has 1 aromatic carbocycles. The molecule has 0 saturated heterocycles. The number of halogens is 2. The van der Waals surface area contributed by atoms with Gasteiger partial charge in [0.15, 0.2) is 5.84 Å². The Morgan fingerprint density at radius 2 is 2.25 bits per heavy atom. The van der Waals surface area contributed by atoms with Crippen molar-refractivity contribution in [2.45, 2.75) is 6.54 Å². The summed E-state index contributed by atoms with van der Waals surface area (Å²) < 4.78 is 13.6. The molecule has 0 aliphatic carbocycles. The predicted octanol–water partition coefficient (Wildman–Crippen LogP) is 2.58. The quantitative estimate of drug-likeness (QED) is 0.350. The molecule has 0 bridgehead atoms. The van der Waals surface area contributed by atoms with Crippen molar-refractivity contribution in [3.8, 4) is 0 Å². The van der Waals surface area contributed by atoms with Gasteiger partial charge in [-0.2, -0.15) is 0 Å². The third-order valence-corrected chi connectivity index (χ3v) is 2.87. The fourth-order valence-corrected chi connectivity index (χ4v) is 1.85. The first-order valence-electron chi connectivity index (χ1n) is 5.72. The van der Waals surface area contributed by atoms with Crippen LogP contribution in [0.4, 0.5) is 10.1 Å². The molecule has 0 radical (unpaired) electrons. The molecule has 4 N–H and O–H groups in total. The number of anilines is 1. The van der Waals surface area contributed by atoms with Gasteiger partial charge in [-0.05, 0) is 24.3 Å². The summed E-state index contributed by atoms with van der Waals surface area (Å²) in [6.07, 6.45) is 1.52. The van der Waals surface area contributed by atoms with Crippen LogP contribution < -0.4 is 11.1 Å². The van der Waals surface area contributed by atoms with E-state index in [0.29, 0.717) is 16.3 Å². The number of hydrogen-bond donors (Lipinski definition) is 3. The number of oxime groups is 1. The van der Waals surface area contributed by atoms with Crippen molar-refractivity contribution >= 4 is 23.1 Å². The van der Waals surface area contributed by atoms with Crippen LogP contribution >= 0.6 is 11.6 Å². The highest BCUT2D eigenvalue weighted by atomic mass is 35.5. The van der Waals surface area contributed by atoms with Crippen molar-refractivity contribution in [1.82, 2.24) is 4.98 Å². The molecular weight excluding hydrogens is 283 g/mol. The number of nitrogens with one attached hydrogen (secondary N) is 1. The minimum absolute atomic E-state index is 0.103. The molecular formula is C13H12ClFN4O. The van der Waals surface area contributed by atoms with Crippen molar-refractivity contribution < 1.29 is 9.60 Å². The van der Waals surface area contributed by atoms with E-state index in [4.69, 9.17) is 22.5 Å². The molecule has 2 aromatic rings. The maximum atomic E-state index is 13.6. The van der Waals surface area contributed by atoms with Crippen molar-refractivity contribution in [2.75, 3.05) is 5.32 Å². The molecule has 2 rings (SSSR count). The monoisotopic (exact) mass is 294 g/mol. The molecule has 0 aliphatic heterocycles. The van der Waals surface area contributed by atoms with E-state index in [1.807, 2.05) is 0 Å². The Hall–Kier alpha value is -2.34. The van der Waals surface area contributed by atoms with Gasteiger partial charge < -0.3 is 16.3 Å². The fourth-order valence-electron chi connectivity index (χ4n) is 1.68. The summed E-state index contributed by atoms with van der Waals surface area (Å²) in [5, 5.41) is 14.9. The molecule has 5 nitrogen and oxygen atoms in total. The smallest absolute Gasteiger partial charge is 0.189 e. The van der Waals surface area contributed by atoms with Crippen molar-refractivity contribution in [3.63, 3.8) is 0 Å². The van der Waals surface area contributed by atoms with Gasteiger partial charge in [0, 0.05) is 23.3 Å². The van der Waals surface area contributed by atoms with Crippen LogP contribution in [0.1, 0.15) is 11.3 Å². The average molecular weight is 295 g/mol.